The summed E-state index contributed by atoms with van der Waals surface area (Å²) in [6.45, 7) is 3.40. The number of hydrogen-bond acceptors (Lipinski definition) is 3. The molecule has 0 amide bonds. The van der Waals surface area contributed by atoms with Crippen LogP contribution in [0.5, 0.6) is 0 Å². The smallest absolute Gasteiger partial charge is 0.186 e. The van der Waals surface area contributed by atoms with Crippen molar-refractivity contribution in [1.82, 2.24) is 0 Å². The second kappa shape index (κ2) is 3.91. The molecule has 0 bridgehead atoms. The molecule has 0 saturated carbocycles. The Morgan fingerprint density at radius 1 is 1.30 bits per heavy atom. The largest absolute Gasteiger partial charge is 0.391 e. The Labute approximate surface area is 61.3 Å². The fraction of sp³-hybridized carbons (Fsp3) is 1.00. The van der Waals surface area contributed by atoms with Crippen molar-refractivity contribution in [3.8, 4) is 0 Å². The minimum absolute atomic E-state index is 0.237. The van der Waals surface area contributed by atoms with Gasteiger partial charge in [0.2, 0.25) is 0 Å². The Morgan fingerprint density at radius 3 is 2.10 bits per heavy atom. The Hall–Kier alpha value is -0.120. The van der Waals surface area contributed by atoms with Crippen molar-refractivity contribution in [1.29, 1.82) is 0 Å². The van der Waals surface area contributed by atoms with E-state index >= 15 is 0 Å². The first-order valence-corrected chi connectivity index (χ1v) is 3.53. The highest BCUT2D eigenvalue weighted by molar-refractivity contribution is 4.62. The summed E-state index contributed by atoms with van der Waals surface area (Å²) in [7, 11) is 0. The predicted octanol–water partition coefficient (Wildman–Crippen LogP) is 0.0958. The third-order valence-corrected chi connectivity index (χ3v) is 1.38. The van der Waals surface area contributed by atoms with Gasteiger partial charge in [-0.2, -0.15) is 0 Å². The lowest BCUT2D eigenvalue weighted by Crippen LogP contribution is -2.32. The van der Waals surface area contributed by atoms with Crippen LogP contribution in [0, 0.1) is 5.92 Å². The van der Waals surface area contributed by atoms with E-state index in [0.29, 0.717) is 12.3 Å². The van der Waals surface area contributed by atoms with Crippen LogP contribution in [0.4, 0.5) is 0 Å². The summed E-state index contributed by atoms with van der Waals surface area (Å²) in [5.74, 6) is -1.44. The maximum atomic E-state index is 8.88. The maximum absolute atomic E-state index is 8.88. The molecule has 0 aliphatic carbocycles. The number of hydrogen-bond donors (Lipinski definition) is 3. The van der Waals surface area contributed by atoms with Crippen LogP contribution in [0.1, 0.15) is 26.7 Å². The normalized spacial score (nSPS) is 12.6. The molecule has 0 spiro atoms. The third-order valence-electron chi connectivity index (χ3n) is 1.38. The van der Waals surface area contributed by atoms with Crippen LogP contribution in [-0.2, 0) is 0 Å². The molecule has 0 heterocycles. The van der Waals surface area contributed by atoms with Crippen molar-refractivity contribution < 1.29 is 15.3 Å². The van der Waals surface area contributed by atoms with E-state index in [0.717, 1.165) is 0 Å². The lowest BCUT2D eigenvalue weighted by Gasteiger charge is -2.19. The van der Waals surface area contributed by atoms with Crippen LogP contribution in [-0.4, -0.2) is 27.7 Å². The second-order valence-corrected chi connectivity index (χ2v) is 3.07. The van der Waals surface area contributed by atoms with Crippen molar-refractivity contribution in [2.24, 2.45) is 5.92 Å². The minimum Gasteiger partial charge on any atom is -0.391 e. The van der Waals surface area contributed by atoms with Gasteiger partial charge < -0.3 is 15.3 Å². The SMILES string of the molecule is CC(C)CCC(O)(O)CO. The summed E-state index contributed by atoms with van der Waals surface area (Å²) < 4.78 is 0. The standard InChI is InChI=1S/C7H16O3/c1-6(2)3-4-7(9,10)5-8/h6,8-10H,3-5H2,1-2H3. The van der Waals surface area contributed by atoms with Crippen LogP contribution in [0.15, 0.2) is 0 Å². The molecule has 10 heavy (non-hydrogen) atoms. The van der Waals surface area contributed by atoms with Gasteiger partial charge in [0, 0.05) is 6.42 Å². The van der Waals surface area contributed by atoms with E-state index in [2.05, 4.69) is 0 Å². The van der Waals surface area contributed by atoms with E-state index in [-0.39, 0.29) is 6.42 Å². The summed E-state index contributed by atoms with van der Waals surface area (Å²) in [5, 5.41) is 26.2. The molecule has 0 aromatic heterocycles. The summed E-state index contributed by atoms with van der Waals surface area (Å²) in [4.78, 5) is 0. The monoisotopic (exact) mass is 148 g/mol. The van der Waals surface area contributed by atoms with Gasteiger partial charge in [-0.05, 0) is 12.3 Å². The highest BCUT2D eigenvalue weighted by Gasteiger charge is 2.20. The van der Waals surface area contributed by atoms with Gasteiger partial charge in [0.25, 0.3) is 0 Å². The van der Waals surface area contributed by atoms with Gasteiger partial charge in [-0.15, -0.1) is 0 Å². The first-order chi connectivity index (χ1) is 4.48. The van der Waals surface area contributed by atoms with Gasteiger partial charge in [-0.1, -0.05) is 13.8 Å². The molecule has 3 nitrogen and oxygen atoms in total. The van der Waals surface area contributed by atoms with Crippen molar-refractivity contribution >= 4 is 0 Å². The van der Waals surface area contributed by atoms with E-state index < -0.39 is 12.4 Å². The maximum Gasteiger partial charge on any atom is 0.186 e. The molecule has 0 rings (SSSR count). The topological polar surface area (TPSA) is 60.7 Å². The molecule has 0 aliphatic heterocycles. The molecule has 0 aromatic rings. The predicted molar refractivity (Wildman–Crippen MR) is 38.3 cm³/mol. The lowest BCUT2D eigenvalue weighted by atomic mass is 10.0. The molecule has 0 unspecified atom stereocenters. The zero-order valence-electron chi connectivity index (χ0n) is 6.54. The molecule has 0 radical (unpaired) electrons. The Bertz CT molecular complexity index is 88.9. The summed E-state index contributed by atoms with van der Waals surface area (Å²) >= 11 is 0. The first-order valence-electron chi connectivity index (χ1n) is 3.53. The van der Waals surface area contributed by atoms with Crippen LogP contribution < -0.4 is 0 Å². The summed E-state index contributed by atoms with van der Waals surface area (Å²) in [6, 6.07) is 0. The fourth-order valence-electron chi connectivity index (χ4n) is 0.599. The van der Waals surface area contributed by atoms with E-state index in [1.807, 2.05) is 13.8 Å². The average molecular weight is 148 g/mol. The first kappa shape index (κ1) is 9.88. The van der Waals surface area contributed by atoms with Gasteiger partial charge in [-0.3, -0.25) is 0 Å². The van der Waals surface area contributed by atoms with Gasteiger partial charge >= 0.3 is 0 Å². The summed E-state index contributed by atoms with van der Waals surface area (Å²) in [6.07, 6.45) is 0.953. The van der Waals surface area contributed by atoms with Gasteiger partial charge in [0.15, 0.2) is 5.79 Å². The molecule has 0 aromatic carbocycles. The molecule has 0 atom stereocenters. The summed E-state index contributed by atoms with van der Waals surface area (Å²) in [5.41, 5.74) is 0. The van der Waals surface area contributed by atoms with Crippen molar-refractivity contribution in [3.05, 3.63) is 0 Å². The molecular formula is C7H16O3. The van der Waals surface area contributed by atoms with Crippen molar-refractivity contribution in [2.45, 2.75) is 32.5 Å². The quantitative estimate of drug-likeness (QED) is 0.495. The second-order valence-electron chi connectivity index (χ2n) is 3.07. The molecule has 3 heteroatoms. The minimum atomic E-state index is -1.87. The highest BCUT2D eigenvalue weighted by Crippen LogP contribution is 2.12. The number of aliphatic hydroxyl groups excluding tert-OH is 1. The molecule has 62 valence electrons. The van der Waals surface area contributed by atoms with Crippen molar-refractivity contribution in [2.75, 3.05) is 6.61 Å². The molecule has 0 saturated heterocycles. The third kappa shape index (κ3) is 4.73. The van der Waals surface area contributed by atoms with E-state index in [9.17, 15) is 0 Å². The number of rotatable bonds is 4. The van der Waals surface area contributed by atoms with Gasteiger partial charge in [0.1, 0.15) is 0 Å². The Morgan fingerprint density at radius 2 is 1.80 bits per heavy atom. The van der Waals surface area contributed by atoms with Crippen LogP contribution in [0.25, 0.3) is 0 Å². The fourth-order valence-corrected chi connectivity index (χ4v) is 0.599. The highest BCUT2D eigenvalue weighted by atomic mass is 16.5. The average Bonchev–Trinajstić information content (AvgIpc) is 1.85. The zero-order valence-corrected chi connectivity index (χ0v) is 6.54. The Balaban J connectivity index is 3.46. The van der Waals surface area contributed by atoms with E-state index in [4.69, 9.17) is 15.3 Å². The van der Waals surface area contributed by atoms with Gasteiger partial charge in [0.05, 0.1) is 6.61 Å². The zero-order chi connectivity index (χ0) is 8.20. The van der Waals surface area contributed by atoms with Crippen LogP contribution >= 0.6 is 0 Å². The van der Waals surface area contributed by atoms with E-state index in [1.165, 1.54) is 0 Å². The molecular weight excluding hydrogens is 132 g/mol. The molecule has 3 N–H and O–H groups in total. The molecule has 0 aliphatic rings. The number of aliphatic hydroxyl groups is 3. The molecule has 0 fully saturated rings. The van der Waals surface area contributed by atoms with Crippen molar-refractivity contribution in [3.63, 3.8) is 0 Å². The lowest BCUT2D eigenvalue weighted by molar-refractivity contribution is -0.192. The van der Waals surface area contributed by atoms with Crippen LogP contribution in [0.3, 0.4) is 0 Å². The van der Waals surface area contributed by atoms with E-state index in [1.54, 1.807) is 0 Å². The van der Waals surface area contributed by atoms with Crippen LogP contribution in [0.2, 0.25) is 0 Å². The Kier molecular flexibility index (Phi) is 3.86. The van der Waals surface area contributed by atoms with Gasteiger partial charge in [-0.25, -0.2) is 0 Å².